The lowest BCUT2D eigenvalue weighted by atomic mass is 10.0. The maximum atomic E-state index is 12.8. The minimum atomic E-state index is -1.17. The van der Waals surface area contributed by atoms with Crippen molar-refractivity contribution in [1.29, 1.82) is 0 Å². The van der Waals surface area contributed by atoms with Crippen LogP contribution in [0.3, 0.4) is 0 Å². The van der Waals surface area contributed by atoms with Crippen molar-refractivity contribution in [2.45, 2.75) is 19.9 Å². The summed E-state index contributed by atoms with van der Waals surface area (Å²) in [6, 6.07) is 10.1. The SMILES string of the molecule is COc1ccc(OC)c(NC(=O)COC(=O)[C@@H](C(C)C)N2C(=O)c3ccccc3C2=O)c1. The second-order valence-corrected chi connectivity index (χ2v) is 7.44. The number of imide groups is 1. The average Bonchev–Trinajstić information content (AvgIpc) is 3.03. The van der Waals surface area contributed by atoms with Crippen LogP contribution < -0.4 is 14.8 Å². The molecule has 9 nitrogen and oxygen atoms in total. The highest BCUT2D eigenvalue weighted by Gasteiger charge is 2.44. The number of anilines is 1. The summed E-state index contributed by atoms with van der Waals surface area (Å²) in [5.74, 6) is -2.11. The fourth-order valence-corrected chi connectivity index (χ4v) is 3.46. The van der Waals surface area contributed by atoms with Crippen LogP contribution in [0.25, 0.3) is 0 Å². The number of fused-ring (bicyclic) bond motifs is 1. The molecule has 1 aliphatic rings. The van der Waals surface area contributed by atoms with Crippen LogP contribution in [0.4, 0.5) is 5.69 Å². The molecule has 0 fully saturated rings. The van der Waals surface area contributed by atoms with Crippen LogP contribution in [-0.4, -0.2) is 55.5 Å². The van der Waals surface area contributed by atoms with Crippen LogP contribution in [0.5, 0.6) is 11.5 Å². The van der Waals surface area contributed by atoms with Gasteiger partial charge in [-0.1, -0.05) is 26.0 Å². The molecule has 3 amide bonds. The van der Waals surface area contributed by atoms with Gasteiger partial charge in [0.15, 0.2) is 6.61 Å². The number of methoxy groups -OCH3 is 2. The normalized spacial score (nSPS) is 13.6. The highest BCUT2D eigenvalue weighted by molar-refractivity contribution is 6.22. The number of nitrogens with one attached hydrogen (secondary N) is 1. The summed E-state index contributed by atoms with van der Waals surface area (Å²) in [6.07, 6.45) is 0. The summed E-state index contributed by atoms with van der Waals surface area (Å²) in [7, 11) is 2.94. The molecular formula is C23H24N2O7. The van der Waals surface area contributed by atoms with E-state index in [0.717, 1.165) is 4.90 Å². The average molecular weight is 440 g/mol. The number of hydrogen-bond acceptors (Lipinski definition) is 7. The van der Waals surface area contributed by atoms with Gasteiger partial charge in [-0.3, -0.25) is 19.3 Å². The van der Waals surface area contributed by atoms with Gasteiger partial charge in [-0.15, -0.1) is 0 Å². The molecule has 9 heteroatoms. The van der Waals surface area contributed by atoms with Gasteiger partial charge in [0.25, 0.3) is 17.7 Å². The minimum Gasteiger partial charge on any atom is -0.497 e. The summed E-state index contributed by atoms with van der Waals surface area (Å²) in [5, 5.41) is 2.59. The van der Waals surface area contributed by atoms with Crippen molar-refractivity contribution in [3.63, 3.8) is 0 Å². The fraction of sp³-hybridized carbons (Fsp3) is 0.304. The summed E-state index contributed by atoms with van der Waals surface area (Å²) < 4.78 is 15.5. The van der Waals surface area contributed by atoms with Crippen molar-refractivity contribution >= 4 is 29.4 Å². The smallest absolute Gasteiger partial charge is 0.330 e. The number of rotatable bonds is 8. The Labute approximate surface area is 185 Å². The highest BCUT2D eigenvalue weighted by atomic mass is 16.5. The van der Waals surface area contributed by atoms with Gasteiger partial charge >= 0.3 is 5.97 Å². The molecule has 0 aliphatic carbocycles. The maximum Gasteiger partial charge on any atom is 0.330 e. The zero-order valence-corrected chi connectivity index (χ0v) is 18.2. The summed E-state index contributed by atoms with van der Waals surface area (Å²) in [5.41, 5.74) is 0.811. The fourth-order valence-electron chi connectivity index (χ4n) is 3.46. The first-order valence-corrected chi connectivity index (χ1v) is 9.94. The first-order valence-electron chi connectivity index (χ1n) is 9.94. The van der Waals surface area contributed by atoms with Gasteiger partial charge in [-0.2, -0.15) is 0 Å². The van der Waals surface area contributed by atoms with Crippen molar-refractivity contribution in [3.8, 4) is 11.5 Å². The molecule has 32 heavy (non-hydrogen) atoms. The number of amides is 3. The molecule has 3 rings (SSSR count). The van der Waals surface area contributed by atoms with E-state index in [1.165, 1.54) is 26.4 Å². The molecule has 0 saturated carbocycles. The molecule has 0 radical (unpaired) electrons. The second-order valence-electron chi connectivity index (χ2n) is 7.44. The lowest BCUT2D eigenvalue weighted by Gasteiger charge is -2.27. The van der Waals surface area contributed by atoms with Gasteiger partial charge in [0.2, 0.25) is 0 Å². The molecule has 0 saturated heterocycles. The molecular weight excluding hydrogens is 416 g/mol. The zero-order valence-electron chi connectivity index (χ0n) is 18.2. The van der Waals surface area contributed by atoms with Crippen molar-refractivity contribution in [3.05, 3.63) is 53.6 Å². The molecule has 1 aliphatic heterocycles. The third-order valence-corrected chi connectivity index (χ3v) is 5.00. The van der Waals surface area contributed by atoms with Crippen LogP contribution in [-0.2, 0) is 14.3 Å². The number of hydrogen-bond donors (Lipinski definition) is 1. The van der Waals surface area contributed by atoms with Crippen molar-refractivity contribution in [2.75, 3.05) is 26.1 Å². The van der Waals surface area contributed by atoms with E-state index in [1.54, 1.807) is 44.2 Å². The van der Waals surface area contributed by atoms with Crippen LogP contribution in [0.1, 0.15) is 34.6 Å². The summed E-state index contributed by atoms with van der Waals surface area (Å²) >= 11 is 0. The first kappa shape index (κ1) is 22.8. The Bertz CT molecular complexity index is 1030. The first-order chi connectivity index (χ1) is 15.3. The van der Waals surface area contributed by atoms with Gasteiger partial charge < -0.3 is 19.5 Å². The third-order valence-electron chi connectivity index (χ3n) is 5.00. The maximum absolute atomic E-state index is 12.8. The number of esters is 1. The highest BCUT2D eigenvalue weighted by Crippen LogP contribution is 2.29. The Morgan fingerprint density at radius 2 is 1.59 bits per heavy atom. The van der Waals surface area contributed by atoms with E-state index in [2.05, 4.69) is 5.32 Å². The monoisotopic (exact) mass is 440 g/mol. The third kappa shape index (κ3) is 4.41. The van der Waals surface area contributed by atoms with E-state index < -0.39 is 42.3 Å². The molecule has 0 aromatic heterocycles. The Kier molecular flexibility index (Phi) is 6.77. The second kappa shape index (κ2) is 9.51. The topological polar surface area (TPSA) is 111 Å². The lowest BCUT2D eigenvalue weighted by Crippen LogP contribution is -2.49. The van der Waals surface area contributed by atoms with E-state index in [4.69, 9.17) is 14.2 Å². The Hall–Kier alpha value is -3.88. The van der Waals surface area contributed by atoms with E-state index in [0.29, 0.717) is 17.2 Å². The van der Waals surface area contributed by atoms with E-state index in [9.17, 15) is 19.2 Å². The predicted molar refractivity (Wildman–Crippen MR) is 115 cm³/mol. The van der Waals surface area contributed by atoms with Crippen LogP contribution >= 0.6 is 0 Å². The quantitative estimate of drug-likeness (QED) is 0.496. The van der Waals surface area contributed by atoms with Crippen LogP contribution in [0, 0.1) is 5.92 Å². The number of benzene rings is 2. The molecule has 168 valence electrons. The number of carbonyl (C=O) groups is 4. The molecule has 1 atom stereocenters. The summed E-state index contributed by atoms with van der Waals surface area (Å²) in [4.78, 5) is 51.6. The van der Waals surface area contributed by atoms with E-state index in [1.807, 2.05) is 0 Å². The van der Waals surface area contributed by atoms with Crippen LogP contribution in [0.2, 0.25) is 0 Å². The van der Waals surface area contributed by atoms with Gasteiger partial charge in [0, 0.05) is 6.07 Å². The van der Waals surface area contributed by atoms with Crippen molar-refractivity contribution in [1.82, 2.24) is 4.90 Å². The van der Waals surface area contributed by atoms with Crippen molar-refractivity contribution < 1.29 is 33.4 Å². The minimum absolute atomic E-state index is 0.235. The molecule has 0 unspecified atom stereocenters. The molecule has 2 aromatic rings. The predicted octanol–water partition coefficient (Wildman–Crippen LogP) is 2.51. The van der Waals surface area contributed by atoms with Gasteiger partial charge in [-0.25, -0.2) is 4.79 Å². The summed E-state index contributed by atoms with van der Waals surface area (Å²) in [6.45, 7) is 2.78. The lowest BCUT2D eigenvalue weighted by molar-refractivity contribution is -0.152. The number of carbonyl (C=O) groups excluding carboxylic acids is 4. The zero-order chi connectivity index (χ0) is 23.4. The largest absolute Gasteiger partial charge is 0.497 e. The number of nitrogens with zero attached hydrogens (tertiary/aromatic N) is 1. The Balaban J connectivity index is 1.70. The van der Waals surface area contributed by atoms with Gasteiger partial charge in [0.05, 0.1) is 31.0 Å². The molecule has 1 N–H and O–H groups in total. The standard InChI is InChI=1S/C23H24N2O7/c1-13(2)20(25-21(27)15-7-5-6-8-16(15)22(25)28)23(29)32-12-19(26)24-17-11-14(30-3)9-10-18(17)31-4/h5-11,13,20H,12H2,1-4H3,(H,24,26)/t20-/m1/s1. The molecule has 2 aromatic carbocycles. The van der Waals surface area contributed by atoms with E-state index in [-0.39, 0.29) is 11.1 Å². The Morgan fingerprint density at radius 3 is 2.12 bits per heavy atom. The molecule has 0 spiro atoms. The number of ether oxygens (including phenoxy) is 3. The van der Waals surface area contributed by atoms with Crippen molar-refractivity contribution in [2.24, 2.45) is 5.92 Å². The van der Waals surface area contributed by atoms with Gasteiger partial charge in [0.1, 0.15) is 17.5 Å². The molecule has 1 heterocycles. The molecule has 0 bridgehead atoms. The van der Waals surface area contributed by atoms with Gasteiger partial charge in [-0.05, 0) is 30.2 Å². The Morgan fingerprint density at radius 1 is 0.969 bits per heavy atom. The van der Waals surface area contributed by atoms with Crippen LogP contribution in [0.15, 0.2) is 42.5 Å². The van der Waals surface area contributed by atoms with E-state index >= 15 is 0 Å².